The smallest absolute Gasteiger partial charge is 0.222 e. The molecule has 2 aromatic carbocycles. The number of pyridine rings is 1. The lowest BCUT2D eigenvalue weighted by atomic mass is 10.1. The summed E-state index contributed by atoms with van der Waals surface area (Å²) in [5.74, 6) is 0. The third kappa shape index (κ3) is 4.27. The van der Waals surface area contributed by atoms with E-state index in [0.717, 1.165) is 11.3 Å². The van der Waals surface area contributed by atoms with Crippen molar-refractivity contribution in [2.75, 3.05) is 0 Å². The Labute approximate surface area is 145 Å². The highest BCUT2D eigenvalue weighted by atomic mass is 35.7. The van der Waals surface area contributed by atoms with E-state index in [4.69, 9.17) is 18.6 Å². The Morgan fingerprint density at radius 2 is 1.40 bits per heavy atom. The first-order valence-corrected chi connectivity index (χ1v) is 8.52. The normalized spacial score (nSPS) is 11.2. The van der Waals surface area contributed by atoms with Crippen molar-refractivity contribution in [2.45, 2.75) is 0 Å². The number of halogens is 1. The van der Waals surface area contributed by atoms with Crippen LogP contribution in [0.15, 0.2) is 79.1 Å². The summed E-state index contributed by atoms with van der Waals surface area (Å²) in [5, 5.41) is 2.39. The topological polar surface area (TPSA) is 109 Å². The van der Waals surface area contributed by atoms with Gasteiger partial charge >= 0.3 is 5.65 Å². The van der Waals surface area contributed by atoms with E-state index >= 15 is 0 Å². The molecule has 0 N–H and O–H groups in total. The predicted molar refractivity (Wildman–Crippen MR) is 80.3 cm³/mol. The molecule has 4 aromatic rings. The number of benzene rings is 2. The average Bonchev–Trinajstić information content (AvgIpc) is 2.60. The summed E-state index contributed by atoms with van der Waals surface area (Å²) in [6.07, 6.45) is 3.97. The van der Waals surface area contributed by atoms with Gasteiger partial charge in [0.25, 0.3) is 0 Å². The van der Waals surface area contributed by atoms with Crippen molar-refractivity contribution in [3.63, 3.8) is 0 Å². The van der Waals surface area contributed by atoms with E-state index in [9.17, 15) is 0 Å². The fourth-order valence-corrected chi connectivity index (χ4v) is 2.63. The third-order valence-corrected chi connectivity index (χ3v) is 3.59. The van der Waals surface area contributed by atoms with Crippen LogP contribution in [0.2, 0.25) is 0 Å². The van der Waals surface area contributed by atoms with E-state index in [1.807, 2.05) is 12.3 Å². The fourth-order valence-electron chi connectivity index (χ4n) is 2.63. The van der Waals surface area contributed by atoms with Crippen LogP contribution < -0.4 is 23.0 Å². The molecule has 0 bridgehead atoms. The quantitative estimate of drug-likeness (QED) is 0.317. The van der Waals surface area contributed by atoms with Gasteiger partial charge < -0.3 is 0 Å². The van der Waals surface area contributed by atoms with Gasteiger partial charge in [0.1, 0.15) is 11.9 Å². The first-order chi connectivity index (χ1) is 11.9. The van der Waals surface area contributed by atoms with Gasteiger partial charge in [-0.2, -0.15) is 4.40 Å². The summed E-state index contributed by atoms with van der Waals surface area (Å²) in [6.45, 7) is 0. The minimum Gasteiger partial charge on any atom is -0.222 e. The summed E-state index contributed by atoms with van der Waals surface area (Å²) < 4.78 is 36.1. The van der Waals surface area contributed by atoms with E-state index in [2.05, 4.69) is 76.2 Å². The number of fused-ring (bicyclic) bond motifs is 3. The molecule has 0 aliphatic heterocycles. The molecular formula is C18H13ClN2O4. The number of aromatic nitrogens is 2. The maximum absolute atomic E-state index is 8.49. The van der Waals surface area contributed by atoms with Gasteiger partial charge in [0.15, 0.2) is 0 Å². The molecule has 4 rings (SSSR count). The van der Waals surface area contributed by atoms with Crippen LogP contribution in [0.5, 0.6) is 0 Å². The summed E-state index contributed by atoms with van der Waals surface area (Å²) in [5.41, 5.74) is 3.34. The Morgan fingerprint density at radius 3 is 2.12 bits per heavy atom. The maximum Gasteiger partial charge on any atom is 0.335 e. The van der Waals surface area contributed by atoms with Crippen LogP contribution in [-0.2, 0) is 0 Å². The molecule has 0 fully saturated rings. The second kappa shape index (κ2) is 7.10. The zero-order valence-corrected chi connectivity index (χ0v) is 13.7. The monoisotopic (exact) mass is 356 g/mol. The minimum atomic E-state index is -4.94. The molecule has 0 amide bonds. The highest BCUT2D eigenvalue weighted by Crippen LogP contribution is 2.19. The van der Waals surface area contributed by atoms with Crippen molar-refractivity contribution in [3.05, 3.63) is 79.1 Å². The molecule has 7 heteroatoms. The van der Waals surface area contributed by atoms with Crippen LogP contribution in [-0.4, -0.2) is 4.98 Å². The van der Waals surface area contributed by atoms with Gasteiger partial charge in [-0.25, -0.2) is 18.6 Å². The molecule has 0 aliphatic carbocycles. The highest BCUT2D eigenvalue weighted by molar-refractivity contribution is 5.91. The Bertz CT molecular complexity index is 998. The Morgan fingerprint density at radius 1 is 0.760 bits per heavy atom. The Balaban J connectivity index is 0.000000324. The van der Waals surface area contributed by atoms with Crippen molar-refractivity contribution in [1.82, 2.24) is 4.98 Å². The summed E-state index contributed by atoms with van der Waals surface area (Å²) >= 11 is 0. The molecule has 0 radical (unpaired) electrons. The molecule has 126 valence electrons. The highest BCUT2D eigenvalue weighted by Gasteiger charge is 2.13. The van der Waals surface area contributed by atoms with E-state index in [-0.39, 0.29) is 0 Å². The molecule has 0 unspecified atom stereocenters. The zero-order chi connectivity index (χ0) is 17.9. The largest absolute Gasteiger partial charge is 0.335 e. The first kappa shape index (κ1) is 17.2. The van der Waals surface area contributed by atoms with Crippen LogP contribution >= 0.6 is 0 Å². The van der Waals surface area contributed by atoms with Crippen molar-refractivity contribution in [1.29, 1.82) is 0 Å². The standard InChI is InChI=1S/C18H13N2.ClHO4/c1-2-7-15(8-3-1)17-10-12-19-18-16-9-5-4-6-14(16)11-13-20(17)18;2-1(3,4)5/h1-13H;(H,2,3,4,5)/q+1;/p-1. The average molecular weight is 357 g/mol. The maximum atomic E-state index is 8.49. The van der Waals surface area contributed by atoms with Crippen molar-refractivity contribution < 1.29 is 33.3 Å². The molecule has 25 heavy (non-hydrogen) atoms. The van der Waals surface area contributed by atoms with E-state index in [0.29, 0.717) is 0 Å². The minimum absolute atomic E-state index is 0.990. The predicted octanol–water partition coefficient (Wildman–Crippen LogP) is -1.12. The number of nitrogens with zero attached hydrogens (tertiary/aromatic N) is 2. The van der Waals surface area contributed by atoms with Crippen LogP contribution in [0.4, 0.5) is 0 Å². The van der Waals surface area contributed by atoms with Crippen molar-refractivity contribution >= 4 is 16.4 Å². The second-order valence-electron chi connectivity index (χ2n) is 5.17. The SMILES string of the molecule is [O-][Cl+3]([O-])([O-])[O-].c1ccc(-c2ccnc3c4ccccc4cc[n+]23)cc1. The lowest BCUT2D eigenvalue weighted by Gasteiger charge is -2.17. The molecule has 0 atom stereocenters. The van der Waals surface area contributed by atoms with Crippen molar-refractivity contribution in [2.24, 2.45) is 0 Å². The number of rotatable bonds is 1. The molecule has 6 nitrogen and oxygen atoms in total. The Hall–Kier alpha value is -2.61. The van der Waals surface area contributed by atoms with Crippen LogP contribution in [0.25, 0.3) is 27.7 Å². The molecule has 0 saturated carbocycles. The van der Waals surface area contributed by atoms with Crippen LogP contribution in [0.1, 0.15) is 0 Å². The number of hydrogen-bond donors (Lipinski definition) is 0. The van der Waals surface area contributed by atoms with E-state index in [1.54, 1.807) is 0 Å². The van der Waals surface area contributed by atoms with Gasteiger partial charge in [0.05, 0.1) is 11.6 Å². The van der Waals surface area contributed by atoms with Gasteiger partial charge in [-0.05, 0) is 22.5 Å². The first-order valence-electron chi connectivity index (χ1n) is 7.29. The van der Waals surface area contributed by atoms with Gasteiger partial charge in [-0.3, -0.25) is 0 Å². The van der Waals surface area contributed by atoms with Gasteiger partial charge in [-0.1, -0.05) is 48.5 Å². The third-order valence-electron chi connectivity index (χ3n) is 3.59. The lowest BCUT2D eigenvalue weighted by molar-refractivity contribution is -2.00. The number of hydrogen-bond acceptors (Lipinski definition) is 5. The molecule has 2 aromatic heterocycles. The Kier molecular flexibility index (Phi) is 4.89. The lowest BCUT2D eigenvalue weighted by Crippen LogP contribution is -2.68. The summed E-state index contributed by atoms with van der Waals surface area (Å²) in [6, 6.07) is 22.9. The van der Waals surface area contributed by atoms with Gasteiger partial charge in [0.2, 0.25) is 0 Å². The summed E-state index contributed by atoms with van der Waals surface area (Å²) in [4.78, 5) is 4.56. The fraction of sp³-hybridized carbons (Fsp3) is 0. The van der Waals surface area contributed by atoms with Gasteiger partial charge in [-0.15, -0.1) is 10.2 Å². The van der Waals surface area contributed by atoms with E-state index < -0.39 is 10.2 Å². The molecular weight excluding hydrogens is 344 g/mol. The molecule has 0 aliphatic rings. The van der Waals surface area contributed by atoms with E-state index in [1.165, 1.54) is 16.3 Å². The molecule has 0 saturated heterocycles. The zero-order valence-electron chi connectivity index (χ0n) is 12.9. The summed E-state index contributed by atoms with van der Waals surface area (Å²) in [7, 11) is -4.94. The van der Waals surface area contributed by atoms with Crippen LogP contribution in [0.3, 0.4) is 0 Å². The molecule has 2 heterocycles. The van der Waals surface area contributed by atoms with Crippen LogP contribution in [0, 0.1) is 10.2 Å². The molecule has 0 spiro atoms. The second-order valence-corrected chi connectivity index (χ2v) is 5.93. The van der Waals surface area contributed by atoms with Gasteiger partial charge in [0, 0.05) is 11.6 Å². The van der Waals surface area contributed by atoms with Crippen molar-refractivity contribution in [3.8, 4) is 11.3 Å².